The molecule has 0 unspecified atom stereocenters. The lowest BCUT2D eigenvalue weighted by molar-refractivity contribution is -0.122. The third-order valence-corrected chi connectivity index (χ3v) is 3.83. The van der Waals surface area contributed by atoms with Crippen LogP contribution in [0.5, 0.6) is 5.75 Å². The van der Waals surface area contributed by atoms with Crippen molar-refractivity contribution in [1.82, 2.24) is 10.2 Å². The van der Waals surface area contributed by atoms with E-state index >= 15 is 0 Å². The normalized spacial score (nSPS) is 10.0. The molecule has 1 aromatic heterocycles. The Bertz CT molecular complexity index is 934. The minimum atomic E-state index is -1.54. The Morgan fingerprint density at radius 1 is 1.12 bits per heavy atom. The lowest BCUT2D eigenvalue weighted by Gasteiger charge is -2.12. The van der Waals surface area contributed by atoms with Crippen LogP contribution in [0.2, 0.25) is 0 Å². The van der Waals surface area contributed by atoms with Crippen LogP contribution >= 0.6 is 0 Å². The maximum absolute atomic E-state index is 9.39. The molecule has 3 aromatic rings. The highest BCUT2D eigenvalue weighted by molar-refractivity contribution is 6.58. The van der Waals surface area contributed by atoms with E-state index in [2.05, 4.69) is 10.2 Å². The van der Waals surface area contributed by atoms with E-state index in [4.69, 9.17) is 20.4 Å². The number of carbonyl (C=O) groups is 1. The minimum Gasteiger partial charge on any atom is -0.496 e. The molecular formula is C17H18BN3O5. The first-order valence-electron chi connectivity index (χ1n) is 7.57. The standard InChI is InChI=1S/C16H16BN3O3.CH2O2/c1-9-13-7-10(3-5-12(13)16(18)20-19-9)14-8-11(17(21)22)4-6-15(14)23-2;2-1-3/h3-8,21-22H,1-2H3,(H2,18,20);1H,(H,2,3). The number of aryl methyl sites for hydroxylation is 1. The Balaban J connectivity index is 0.000000758. The van der Waals surface area contributed by atoms with Gasteiger partial charge < -0.3 is 25.6 Å². The van der Waals surface area contributed by atoms with E-state index in [1.807, 2.05) is 25.1 Å². The first-order chi connectivity index (χ1) is 12.4. The van der Waals surface area contributed by atoms with E-state index in [9.17, 15) is 10.0 Å². The Hall–Kier alpha value is -3.17. The van der Waals surface area contributed by atoms with Crippen molar-refractivity contribution in [1.29, 1.82) is 0 Å². The fraction of sp³-hybridized carbons (Fsp3) is 0.118. The Labute approximate surface area is 150 Å². The molecule has 0 bridgehead atoms. The first kappa shape index (κ1) is 19.2. The number of benzene rings is 2. The Morgan fingerprint density at radius 2 is 1.81 bits per heavy atom. The third-order valence-electron chi connectivity index (χ3n) is 3.83. The smallest absolute Gasteiger partial charge is 0.488 e. The summed E-state index contributed by atoms with van der Waals surface area (Å²) in [6.45, 7) is 1.61. The van der Waals surface area contributed by atoms with E-state index in [1.54, 1.807) is 25.3 Å². The predicted octanol–water partition coefficient (Wildman–Crippen LogP) is 0.577. The number of carboxylic acid groups (broad SMARTS) is 1. The summed E-state index contributed by atoms with van der Waals surface area (Å²) in [5, 5.41) is 35.4. The number of fused-ring (bicyclic) bond motifs is 1. The van der Waals surface area contributed by atoms with Crippen molar-refractivity contribution in [2.24, 2.45) is 0 Å². The molecule has 8 nitrogen and oxygen atoms in total. The number of nitrogen functional groups attached to an aromatic ring is 1. The molecule has 0 radical (unpaired) electrons. The topological polar surface area (TPSA) is 139 Å². The van der Waals surface area contributed by atoms with E-state index in [0.29, 0.717) is 17.0 Å². The third kappa shape index (κ3) is 3.90. The summed E-state index contributed by atoms with van der Waals surface area (Å²) >= 11 is 0. The largest absolute Gasteiger partial charge is 0.496 e. The molecule has 0 aliphatic carbocycles. The fourth-order valence-corrected chi connectivity index (χ4v) is 2.58. The Morgan fingerprint density at radius 3 is 2.42 bits per heavy atom. The highest BCUT2D eigenvalue weighted by Gasteiger charge is 2.16. The number of aromatic nitrogens is 2. The van der Waals surface area contributed by atoms with Crippen molar-refractivity contribution in [3.05, 3.63) is 42.1 Å². The number of nitrogens with zero attached hydrogens (tertiary/aromatic N) is 2. The number of rotatable bonds is 3. The predicted molar refractivity (Wildman–Crippen MR) is 99.2 cm³/mol. The molecule has 0 aliphatic heterocycles. The van der Waals surface area contributed by atoms with Crippen molar-refractivity contribution < 1.29 is 24.7 Å². The molecule has 0 saturated carbocycles. The second-order valence-corrected chi connectivity index (χ2v) is 5.37. The van der Waals surface area contributed by atoms with Crippen molar-refractivity contribution in [3.63, 3.8) is 0 Å². The molecule has 0 fully saturated rings. The second-order valence-electron chi connectivity index (χ2n) is 5.37. The lowest BCUT2D eigenvalue weighted by atomic mass is 9.79. The molecule has 9 heteroatoms. The van der Waals surface area contributed by atoms with Gasteiger partial charge in [0.2, 0.25) is 0 Å². The number of methoxy groups -OCH3 is 1. The summed E-state index contributed by atoms with van der Waals surface area (Å²) in [5.74, 6) is 1.02. The van der Waals surface area contributed by atoms with Crippen molar-refractivity contribution in [3.8, 4) is 16.9 Å². The van der Waals surface area contributed by atoms with E-state index in [-0.39, 0.29) is 6.47 Å². The molecule has 0 aliphatic rings. The second kappa shape index (κ2) is 8.28. The summed E-state index contributed by atoms with van der Waals surface area (Å²) < 4.78 is 5.38. The van der Waals surface area contributed by atoms with Gasteiger partial charge in [-0.05, 0) is 36.1 Å². The zero-order valence-corrected chi connectivity index (χ0v) is 14.2. The summed E-state index contributed by atoms with van der Waals surface area (Å²) in [7, 11) is 0.0345. The molecule has 134 valence electrons. The summed E-state index contributed by atoms with van der Waals surface area (Å²) in [5.41, 5.74) is 8.66. The average Bonchev–Trinajstić information content (AvgIpc) is 2.64. The van der Waals surface area contributed by atoms with Gasteiger partial charge in [0.05, 0.1) is 12.8 Å². The van der Waals surface area contributed by atoms with Crippen LogP contribution in [0.3, 0.4) is 0 Å². The minimum absolute atomic E-state index is 0.250. The number of ether oxygens (including phenoxy) is 1. The zero-order valence-electron chi connectivity index (χ0n) is 14.2. The number of hydrogen-bond donors (Lipinski definition) is 4. The highest BCUT2D eigenvalue weighted by Crippen LogP contribution is 2.32. The van der Waals surface area contributed by atoms with Crippen LogP contribution in [0.4, 0.5) is 5.82 Å². The summed E-state index contributed by atoms with van der Waals surface area (Å²) in [6.07, 6.45) is 0. The zero-order chi connectivity index (χ0) is 19.3. The van der Waals surface area contributed by atoms with Gasteiger partial charge >= 0.3 is 7.12 Å². The van der Waals surface area contributed by atoms with Crippen LogP contribution < -0.4 is 15.9 Å². The van der Waals surface area contributed by atoms with Gasteiger partial charge in [-0.2, -0.15) is 5.10 Å². The molecule has 1 heterocycles. The van der Waals surface area contributed by atoms with Crippen LogP contribution in [0, 0.1) is 6.92 Å². The van der Waals surface area contributed by atoms with Gasteiger partial charge in [0, 0.05) is 16.3 Å². The van der Waals surface area contributed by atoms with Crippen LogP contribution in [0.1, 0.15) is 5.69 Å². The molecule has 0 amide bonds. The van der Waals surface area contributed by atoms with Crippen molar-refractivity contribution >= 4 is 35.6 Å². The van der Waals surface area contributed by atoms with Crippen LogP contribution in [0.15, 0.2) is 36.4 Å². The monoisotopic (exact) mass is 355 g/mol. The van der Waals surface area contributed by atoms with Gasteiger partial charge in [-0.3, -0.25) is 4.79 Å². The van der Waals surface area contributed by atoms with Gasteiger partial charge in [-0.1, -0.05) is 18.2 Å². The van der Waals surface area contributed by atoms with Gasteiger partial charge in [0.15, 0.2) is 5.82 Å². The molecule has 3 rings (SSSR count). The number of anilines is 1. The molecule has 2 aromatic carbocycles. The van der Waals surface area contributed by atoms with Crippen molar-refractivity contribution in [2.75, 3.05) is 12.8 Å². The summed E-state index contributed by atoms with van der Waals surface area (Å²) in [4.78, 5) is 8.36. The van der Waals surface area contributed by atoms with Crippen LogP contribution in [0.25, 0.3) is 21.9 Å². The number of nitrogens with two attached hydrogens (primary N) is 1. The number of hydrogen-bond acceptors (Lipinski definition) is 7. The molecule has 0 spiro atoms. The highest BCUT2D eigenvalue weighted by atomic mass is 16.5. The van der Waals surface area contributed by atoms with Gasteiger partial charge in [0.1, 0.15) is 5.75 Å². The maximum atomic E-state index is 9.39. The molecule has 0 saturated heterocycles. The fourth-order valence-electron chi connectivity index (χ4n) is 2.58. The molecular weight excluding hydrogens is 337 g/mol. The van der Waals surface area contributed by atoms with Gasteiger partial charge in [-0.25, -0.2) is 0 Å². The molecule has 5 N–H and O–H groups in total. The molecule has 0 atom stereocenters. The Kier molecular flexibility index (Phi) is 6.10. The van der Waals surface area contributed by atoms with Gasteiger partial charge in [0.25, 0.3) is 6.47 Å². The van der Waals surface area contributed by atoms with E-state index < -0.39 is 7.12 Å². The summed E-state index contributed by atoms with van der Waals surface area (Å²) in [6, 6.07) is 10.7. The lowest BCUT2D eigenvalue weighted by Crippen LogP contribution is -2.29. The van der Waals surface area contributed by atoms with Crippen LogP contribution in [-0.2, 0) is 4.79 Å². The molecule has 26 heavy (non-hydrogen) atoms. The van der Waals surface area contributed by atoms with Crippen LogP contribution in [-0.4, -0.2) is 46.1 Å². The quantitative estimate of drug-likeness (QED) is 0.395. The van der Waals surface area contributed by atoms with Crippen molar-refractivity contribution in [2.45, 2.75) is 6.92 Å². The van der Waals surface area contributed by atoms with Gasteiger partial charge in [-0.15, -0.1) is 5.10 Å². The maximum Gasteiger partial charge on any atom is 0.488 e. The SMILES string of the molecule is COc1ccc(B(O)O)cc1-c1ccc2c(N)nnc(C)c2c1.O=CO. The first-order valence-corrected chi connectivity index (χ1v) is 7.57. The van der Waals surface area contributed by atoms with E-state index in [0.717, 1.165) is 27.6 Å². The average molecular weight is 355 g/mol. The van der Waals surface area contributed by atoms with E-state index in [1.165, 1.54) is 0 Å².